The molecule has 0 N–H and O–H groups in total. The average molecular weight is 233 g/mol. The van der Waals surface area contributed by atoms with Crippen LogP contribution in [0.3, 0.4) is 0 Å². The largest absolute Gasteiger partial charge is 0.465 e. The maximum absolute atomic E-state index is 11.4. The van der Waals surface area contributed by atoms with Crippen molar-refractivity contribution in [3.05, 3.63) is 29.7 Å². The highest BCUT2D eigenvalue weighted by Crippen LogP contribution is 2.11. The molecule has 2 rings (SSSR count). The van der Waals surface area contributed by atoms with Gasteiger partial charge in [0.05, 0.1) is 12.7 Å². The van der Waals surface area contributed by atoms with Gasteiger partial charge in [-0.15, -0.1) is 10.2 Å². The molecular formula is C12H15N3O2. The second-order valence-electron chi connectivity index (χ2n) is 4.35. The summed E-state index contributed by atoms with van der Waals surface area (Å²) in [4.78, 5) is 11.4. The molecule has 0 aliphatic heterocycles. The van der Waals surface area contributed by atoms with Crippen LogP contribution in [0.25, 0.3) is 5.65 Å². The van der Waals surface area contributed by atoms with E-state index in [1.807, 2.05) is 4.40 Å². The molecule has 0 bridgehead atoms. The molecule has 0 aliphatic rings. The molecule has 17 heavy (non-hydrogen) atoms. The normalized spacial score (nSPS) is 11.1. The van der Waals surface area contributed by atoms with Gasteiger partial charge < -0.3 is 4.74 Å². The topological polar surface area (TPSA) is 56.5 Å². The van der Waals surface area contributed by atoms with Gasteiger partial charge in [-0.25, -0.2) is 4.79 Å². The summed E-state index contributed by atoms with van der Waals surface area (Å²) in [7, 11) is 1.36. The Kier molecular flexibility index (Phi) is 3.08. The Morgan fingerprint density at radius 2 is 2.24 bits per heavy atom. The quantitative estimate of drug-likeness (QED) is 0.757. The van der Waals surface area contributed by atoms with E-state index in [4.69, 9.17) is 0 Å². The van der Waals surface area contributed by atoms with Gasteiger partial charge in [-0.3, -0.25) is 4.40 Å². The highest BCUT2D eigenvalue weighted by Gasteiger charge is 2.11. The SMILES string of the molecule is COC(=O)c1ccn2c(CC(C)C)nnc2c1. The Labute approximate surface area is 99.4 Å². The van der Waals surface area contributed by atoms with Gasteiger partial charge >= 0.3 is 5.97 Å². The molecule has 2 aromatic heterocycles. The minimum Gasteiger partial charge on any atom is -0.465 e. The van der Waals surface area contributed by atoms with Crippen molar-refractivity contribution in [3.8, 4) is 0 Å². The zero-order chi connectivity index (χ0) is 12.4. The molecule has 2 heterocycles. The van der Waals surface area contributed by atoms with Crippen molar-refractivity contribution < 1.29 is 9.53 Å². The molecule has 90 valence electrons. The number of nitrogens with zero attached hydrogens (tertiary/aromatic N) is 3. The second kappa shape index (κ2) is 4.53. The average Bonchev–Trinajstić information content (AvgIpc) is 2.70. The first-order valence-electron chi connectivity index (χ1n) is 5.53. The smallest absolute Gasteiger partial charge is 0.338 e. The summed E-state index contributed by atoms with van der Waals surface area (Å²) in [6.07, 6.45) is 2.66. The number of rotatable bonds is 3. The van der Waals surface area contributed by atoms with Crippen LogP contribution in [0.2, 0.25) is 0 Å². The van der Waals surface area contributed by atoms with Crippen LogP contribution in [0, 0.1) is 5.92 Å². The maximum Gasteiger partial charge on any atom is 0.338 e. The van der Waals surface area contributed by atoms with E-state index in [-0.39, 0.29) is 5.97 Å². The number of fused-ring (bicyclic) bond motifs is 1. The Morgan fingerprint density at radius 1 is 1.47 bits per heavy atom. The van der Waals surface area contributed by atoms with Crippen molar-refractivity contribution >= 4 is 11.6 Å². The minimum atomic E-state index is -0.360. The molecule has 0 radical (unpaired) electrons. The predicted octanol–water partition coefficient (Wildman–Crippen LogP) is 1.71. The molecule has 0 spiro atoms. The zero-order valence-electron chi connectivity index (χ0n) is 10.2. The van der Waals surface area contributed by atoms with Gasteiger partial charge in [-0.1, -0.05) is 13.8 Å². The van der Waals surface area contributed by atoms with E-state index in [9.17, 15) is 4.79 Å². The molecule has 0 unspecified atom stereocenters. The van der Waals surface area contributed by atoms with Gasteiger partial charge in [0.2, 0.25) is 0 Å². The van der Waals surface area contributed by atoms with Gasteiger partial charge in [-0.2, -0.15) is 0 Å². The Bertz CT molecular complexity index is 546. The molecule has 5 nitrogen and oxygen atoms in total. The van der Waals surface area contributed by atoms with Crippen LogP contribution in [0.15, 0.2) is 18.3 Å². The number of pyridine rings is 1. The lowest BCUT2D eigenvalue weighted by atomic mass is 10.1. The van der Waals surface area contributed by atoms with E-state index in [1.165, 1.54) is 7.11 Å². The van der Waals surface area contributed by atoms with E-state index < -0.39 is 0 Å². The van der Waals surface area contributed by atoms with E-state index >= 15 is 0 Å². The number of aromatic nitrogens is 3. The van der Waals surface area contributed by atoms with Crippen molar-refractivity contribution in [2.45, 2.75) is 20.3 Å². The molecule has 0 fully saturated rings. The molecule has 0 atom stereocenters. The monoisotopic (exact) mass is 233 g/mol. The van der Waals surface area contributed by atoms with Gasteiger partial charge in [-0.05, 0) is 18.1 Å². The molecule has 0 saturated heterocycles. The van der Waals surface area contributed by atoms with E-state index in [2.05, 4.69) is 28.8 Å². The van der Waals surface area contributed by atoms with Crippen LogP contribution in [0.5, 0.6) is 0 Å². The predicted molar refractivity (Wildman–Crippen MR) is 62.9 cm³/mol. The standard InChI is InChI=1S/C12H15N3O2/c1-8(2)6-10-13-14-11-7-9(12(16)17-3)4-5-15(10)11/h4-5,7-8H,6H2,1-3H3. The van der Waals surface area contributed by atoms with Gasteiger partial charge in [0, 0.05) is 12.6 Å². The fraction of sp³-hybridized carbons (Fsp3) is 0.417. The summed E-state index contributed by atoms with van der Waals surface area (Å²) in [5, 5.41) is 8.18. The number of ether oxygens (including phenoxy) is 1. The van der Waals surface area contributed by atoms with Crippen LogP contribution < -0.4 is 0 Å². The van der Waals surface area contributed by atoms with E-state index in [0.717, 1.165) is 12.2 Å². The summed E-state index contributed by atoms with van der Waals surface area (Å²) in [5.74, 6) is 1.06. The summed E-state index contributed by atoms with van der Waals surface area (Å²) in [5.41, 5.74) is 1.16. The summed E-state index contributed by atoms with van der Waals surface area (Å²) in [6, 6.07) is 3.40. The van der Waals surface area contributed by atoms with Crippen molar-refractivity contribution in [2.24, 2.45) is 5.92 Å². The third kappa shape index (κ3) is 2.27. The lowest BCUT2D eigenvalue weighted by Gasteiger charge is -2.03. The maximum atomic E-state index is 11.4. The van der Waals surface area contributed by atoms with E-state index in [0.29, 0.717) is 17.1 Å². The van der Waals surface area contributed by atoms with Crippen LogP contribution in [-0.2, 0) is 11.2 Å². The number of esters is 1. The number of methoxy groups -OCH3 is 1. The lowest BCUT2D eigenvalue weighted by Crippen LogP contribution is -2.04. The first-order chi connectivity index (χ1) is 8.11. The third-order valence-corrected chi connectivity index (χ3v) is 2.49. The fourth-order valence-electron chi connectivity index (χ4n) is 1.69. The summed E-state index contributed by atoms with van der Waals surface area (Å²) >= 11 is 0. The van der Waals surface area contributed by atoms with Crippen LogP contribution in [0.4, 0.5) is 0 Å². The molecule has 0 saturated carbocycles. The van der Waals surface area contributed by atoms with Crippen LogP contribution in [0.1, 0.15) is 30.0 Å². The van der Waals surface area contributed by atoms with Crippen LogP contribution in [-0.4, -0.2) is 27.7 Å². The summed E-state index contributed by atoms with van der Waals surface area (Å²) in [6.45, 7) is 4.26. The van der Waals surface area contributed by atoms with Crippen molar-refractivity contribution in [3.63, 3.8) is 0 Å². The zero-order valence-corrected chi connectivity index (χ0v) is 10.2. The Hall–Kier alpha value is -1.91. The number of hydrogen-bond donors (Lipinski definition) is 0. The Morgan fingerprint density at radius 3 is 2.88 bits per heavy atom. The molecule has 2 aromatic rings. The van der Waals surface area contributed by atoms with Gasteiger partial charge in [0.25, 0.3) is 0 Å². The molecule has 0 aliphatic carbocycles. The number of hydrogen-bond acceptors (Lipinski definition) is 4. The number of carbonyl (C=O) groups excluding carboxylic acids is 1. The van der Waals surface area contributed by atoms with Gasteiger partial charge in [0.15, 0.2) is 5.65 Å². The van der Waals surface area contributed by atoms with Crippen LogP contribution >= 0.6 is 0 Å². The molecule has 0 aromatic carbocycles. The fourth-order valence-corrected chi connectivity index (χ4v) is 1.69. The third-order valence-electron chi connectivity index (χ3n) is 2.49. The first kappa shape index (κ1) is 11.6. The summed E-state index contributed by atoms with van der Waals surface area (Å²) < 4.78 is 6.56. The molecule has 5 heteroatoms. The highest BCUT2D eigenvalue weighted by molar-refractivity contribution is 5.90. The first-order valence-corrected chi connectivity index (χ1v) is 5.53. The van der Waals surface area contributed by atoms with Gasteiger partial charge in [0.1, 0.15) is 5.82 Å². The van der Waals surface area contributed by atoms with E-state index in [1.54, 1.807) is 18.3 Å². The highest BCUT2D eigenvalue weighted by atomic mass is 16.5. The lowest BCUT2D eigenvalue weighted by molar-refractivity contribution is 0.0600. The number of carbonyl (C=O) groups is 1. The van der Waals surface area contributed by atoms with Crippen molar-refractivity contribution in [1.82, 2.24) is 14.6 Å². The Balaban J connectivity index is 2.41. The minimum absolute atomic E-state index is 0.360. The van der Waals surface area contributed by atoms with Crippen molar-refractivity contribution in [2.75, 3.05) is 7.11 Å². The van der Waals surface area contributed by atoms with Crippen molar-refractivity contribution in [1.29, 1.82) is 0 Å². The molecule has 0 amide bonds. The second-order valence-corrected chi connectivity index (χ2v) is 4.35. The molecular weight excluding hydrogens is 218 g/mol.